The SMILES string of the molecule is COc1cc(C=C(C(=O)Nc2ccccc2Cl)C(=O)Nc2ccccc2Cl)cc2c1OCCO2. The molecular formula is C25H20Cl2N2O5. The Bertz CT molecular complexity index is 1200. The van der Waals surface area contributed by atoms with Gasteiger partial charge in [0.25, 0.3) is 11.8 Å². The molecule has 2 N–H and O–H groups in total. The van der Waals surface area contributed by atoms with Crippen LogP contribution in [0.3, 0.4) is 0 Å². The molecule has 0 unspecified atom stereocenters. The summed E-state index contributed by atoms with van der Waals surface area (Å²) in [6.45, 7) is 0.764. The fraction of sp³-hybridized carbons (Fsp3) is 0.120. The first-order valence-electron chi connectivity index (χ1n) is 10.3. The van der Waals surface area contributed by atoms with E-state index in [-0.39, 0.29) is 5.57 Å². The second-order valence-corrected chi connectivity index (χ2v) is 7.99. The molecule has 1 aliphatic heterocycles. The van der Waals surface area contributed by atoms with E-state index in [0.717, 1.165) is 0 Å². The molecule has 0 bridgehead atoms. The van der Waals surface area contributed by atoms with Crippen molar-refractivity contribution < 1.29 is 23.8 Å². The minimum atomic E-state index is -0.661. The fourth-order valence-corrected chi connectivity index (χ4v) is 3.65. The van der Waals surface area contributed by atoms with Crippen LogP contribution in [0.4, 0.5) is 11.4 Å². The van der Waals surface area contributed by atoms with Gasteiger partial charge in [0, 0.05) is 0 Å². The van der Waals surface area contributed by atoms with Gasteiger partial charge in [-0.1, -0.05) is 47.5 Å². The van der Waals surface area contributed by atoms with Crippen molar-refractivity contribution in [2.45, 2.75) is 0 Å². The lowest BCUT2D eigenvalue weighted by Gasteiger charge is -2.21. The van der Waals surface area contributed by atoms with E-state index < -0.39 is 11.8 Å². The number of nitrogens with one attached hydrogen (secondary N) is 2. The van der Waals surface area contributed by atoms with E-state index in [1.54, 1.807) is 60.7 Å². The lowest BCUT2D eigenvalue weighted by Crippen LogP contribution is -2.25. The Balaban J connectivity index is 1.73. The average molecular weight is 499 g/mol. The minimum Gasteiger partial charge on any atom is -0.493 e. The van der Waals surface area contributed by atoms with Gasteiger partial charge in [-0.05, 0) is 48.0 Å². The van der Waals surface area contributed by atoms with Crippen LogP contribution in [0.15, 0.2) is 66.2 Å². The molecule has 0 radical (unpaired) electrons. The quantitative estimate of drug-likeness (QED) is 0.268. The number of anilines is 2. The predicted molar refractivity (Wildman–Crippen MR) is 132 cm³/mol. The van der Waals surface area contributed by atoms with Crippen LogP contribution >= 0.6 is 23.2 Å². The molecule has 0 spiro atoms. The molecule has 2 amide bonds. The predicted octanol–water partition coefficient (Wildman–Crippen LogP) is 5.43. The van der Waals surface area contributed by atoms with Gasteiger partial charge in [0.1, 0.15) is 18.8 Å². The lowest BCUT2D eigenvalue weighted by atomic mass is 10.1. The Morgan fingerprint density at radius 2 is 1.44 bits per heavy atom. The third-order valence-corrected chi connectivity index (χ3v) is 5.55. The number of amides is 2. The number of benzene rings is 3. The molecule has 7 nitrogen and oxygen atoms in total. The molecule has 0 saturated heterocycles. The monoisotopic (exact) mass is 498 g/mol. The molecule has 1 aliphatic rings. The zero-order valence-electron chi connectivity index (χ0n) is 18.1. The number of hydrogen-bond donors (Lipinski definition) is 2. The van der Waals surface area contributed by atoms with Crippen LogP contribution in [0.1, 0.15) is 5.56 Å². The molecule has 34 heavy (non-hydrogen) atoms. The van der Waals surface area contributed by atoms with Gasteiger partial charge >= 0.3 is 0 Å². The van der Waals surface area contributed by atoms with Gasteiger partial charge in [-0.15, -0.1) is 0 Å². The summed E-state index contributed by atoms with van der Waals surface area (Å²) in [4.78, 5) is 26.4. The van der Waals surface area contributed by atoms with Gasteiger partial charge in [-0.25, -0.2) is 0 Å². The van der Waals surface area contributed by atoms with Crippen molar-refractivity contribution in [1.29, 1.82) is 0 Å². The van der Waals surface area contributed by atoms with E-state index in [4.69, 9.17) is 37.4 Å². The van der Waals surface area contributed by atoms with Crippen LogP contribution in [-0.4, -0.2) is 32.1 Å². The second-order valence-electron chi connectivity index (χ2n) is 7.17. The number of carbonyl (C=O) groups is 2. The summed E-state index contributed by atoms with van der Waals surface area (Å²) in [5, 5.41) is 6.04. The molecule has 3 aromatic rings. The Hall–Kier alpha value is -3.68. The van der Waals surface area contributed by atoms with Crippen molar-refractivity contribution in [3.63, 3.8) is 0 Å². The number of hydrogen-bond acceptors (Lipinski definition) is 5. The van der Waals surface area contributed by atoms with Gasteiger partial charge < -0.3 is 24.8 Å². The smallest absolute Gasteiger partial charge is 0.261 e. The molecule has 3 aromatic carbocycles. The molecule has 174 valence electrons. The number of carbonyl (C=O) groups excluding carboxylic acids is 2. The number of fused-ring (bicyclic) bond motifs is 1. The highest BCUT2D eigenvalue weighted by Crippen LogP contribution is 2.41. The van der Waals surface area contributed by atoms with Crippen LogP contribution in [0.25, 0.3) is 6.08 Å². The van der Waals surface area contributed by atoms with Crippen molar-refractivity contribution in [3.8, 4) is 17.2 Å². The van der Waals surface area contributed by atoms with Crippen molar-refractivity contribution in [1.82, 2.24) is 0 Å². The highest BCUT2D eigenvalue weighted by Gasteiger charge is 2.23. The van der Waals surface area contributed by atoms with Gasteiger partial charge in [0.05, 0.1) is 28.5 Å². The number of ether oxygens (including phenoxy) is 3. The summed E-state index contributed by atoms with van der Waals surface area (Å²) in [6.07, 6.45) is 1.43. The van der Waals surface area contributed by atoms with E-state index in [1.165, 1.54) is 13.2 Å². The molecule has 4 rings (SSSR count). The third-order valence-electron chi connectivity index (χ3n) is 4.89. The highest BCUT2D eigenvalue weighted by atomic mass is 35.5. The zero-order chi connectivity index (χ0) is 24.1. The normalized spacial score (nSPS) is 11.9. The summed E-state index contributed by atoms with van der Waals surface area (Å²) in [5.74, 6) is 0.0153. The van der Waals surface area contributed by atoms with Crippen LogP contribution < -0.4 is 24.8 Å². The maximum absolute atomic E-state index is 13.2. The van der Waals surface area contributed by atoms with Crippen LogP contribution in [0.2, 0.25) is 10.0 Å². The van der Waals surface area contributed by atoms with Gasteiger partial charge in [0.2, 0.25) is 5.75 Å². The minimum absolute atomic E-state index is 0.182. The van der Waals surface area contributed by atoms with Crippen molar-refractivity contribution in [2.75, 3.05) is 31.0 Å². The maximum Gasteiger partial charge on any atom is 0.261 e. The topological polar surface area (TPSA) is 85.9 Å². The molecule has 0 atom stereocenters. The summed E-state index contributed by atoms with van der Waals surface area (Å²) in [7, 11) is 1.50. The van der Waals surface area contributed by atoms with E-state index >= 15 is 0 Å². The first-order chi connectivity index (χ1) is 16.5. The third kappa shape index (κ3) is 5.27. The molecule has 1 heterocycles. The van der Waals surface area contributed by atoms with Crippen molar-refractivity contribution >= 4 is 52.5 Å². The van der Waals surface area contributed by atoms with E-state index in [9.17, 15) is 9.59 Å². The summed E-state index contributed by atoms with van der Waals surface area (Å²) in [6, 6.07) is 16.8. The van der Waals surface area contributed by atoms with E-state index in [0.29, 0.717) is 57.4 Å². The number of para-hydroxylation sites is 2. The number of methoxy groups -OCH3 is 1. The van der Waals surface area contributed by atoms with E-state index in [2.05, 4.69) is 10.6 Å². The Morgan fingerprint density at radius 3 is 2.00 bits per heavy atom. The molecule has 0 saturated carbocycles. The molecule has 0 aromatic heterocycles. The van der Waals surface area contributed by atoms with Gasteiger partial charge in [0.15, 0.2) is 11.5 Å². The van der Waals surface area contributed by atoms with Gasteiger partial charge in [-0.3, -0.25) is 9.59 Å². The summed E-state index contributed by atoms with van der Waals surface area (Å²) in [5.41, 5.74) is 1.05. The summed E-state index contributed by atoms with van der Waals surface area (Å²) < 4.78 is 16.7. The number of halogens is 2. The Labute approximate surface area is 206 Å². The molecule has 0 aliphatic carbocycles. The fourth-order valence-electron chi connectivity index (χ4n) is 3.28. The largest absolute Gasteiger partial charge is 0.493 e. The maximum atomic E-state index is 13.2. The molecule has 0 fully saturated rings. The van der Waals surface area contributed by atoms with Crippen LogP contribution in [0.5, 0.6) is 17.2 Å². The zero-order valence-corrected chi connectivity index (χ0v) is 19.6. The van der Waals surface area contributed by atoms with Crippen LogP contribution in [0, 0.1) is 0 Å². The Morgan fingerprint density at radius 1 is 0.882 bits per heavy atom. The van der Waals surface area contributed by atoms with E-state index in [1.807, 2.05) is 0 Å². The first kappa shape index (κ1) is 23.5. The van der Waals surface area contributed by atoms with Crippen molar-refractivity contribution in [2.24, 2.45) is 0 Å². The standard InChI is InChI=1S/C25H20Cl2N2O5/c1-32-21-13-15(14-22-23(21)34-11-10-33-22)12-16(24(30)28-19-8-4-2-6-17(19)26)25(31)29-20-9-5-3-7-18(20)27/h2-9,12-14H,10-11H2,1H3,(H,28,30)(H,29,31). The average Bonchev–Trinajstić information content (AvgIpc) is 2.84. The first-order valence-corrected chi connectivity index (χ1v) is 11.0. The van der Waals surface area contributed by atoms with Crippen LogP contribution in [-0.2, 0) is 9.59 Å². The number of rotatable bonds is 6. The molecule has 9 heteroatoms. The second kappa shape index (κ2) is 10.5. The Kier molecular flexibility index (Phi) is 7.25. The van der Waals surface area contributed by atoms with Gasteiger partial charge in [-0.2, -0.15) is 0 Å². The highest BCUT2D eigenvalue weighted by molar-refractivity contribution is 6.36. The lowest BCUT2D eigenvalue weighted by molar-refractivity contribution is -0.118. The molecular weight excluding hydrogens is 479 g/mol. The van der Waals surface area contributed by atoms with Crippen molar-refractivity contribution in [3.05, 3.63) is 81.8 Å². The summed E-state index contributed by atoms with van der Waals surface area (Å²) >= 11 is 12.4.